The van der Waals surface area contributed by atoms with Crippen LogP contribution in [0.2, 0.25) is 0 Å². The molecule has 1 aliphatic carbocycles. The van der Waals surface area contributed by atoms with Gasteiger partial charge in [0, 0.05) is 18.7 Å². The van der Waals surface area contributed by atoms with Gasteiger partial charge in [0.2, 0.25) is 5.91 Å². The van der Waals surface area contributed by atoms with Crippen molar-refractivity contribution in [3.8, 4) is 0 Å². The van der Waals surface area contributed by atoms with Gasteiger partial charge in [-0.15, -0.1) is 0 Å². The summed E-state index contributed by atoms with van der Waals surface area (Å²) < 4.78 is 5.75. The van der Waals surface area contributed by atoms with E-state index in [-0.39, 0.29) is 12.0 Å². The monoisotopic (exact) mass is 274 g/mol. The van der Waals surface area contributed by atoms with Crippen molar-refractivity contribution < 1.29 is 9.53 Å². The SMILES string of the molecule is Nc1ccc(CCC(=O)N2CCOC3CCCC32)cc1. The Morgan fingerprint density at radius 1 is 1.30 bits per heavy atom. The van der Waals surface area contributed by atoms with Gasteiger partial charge in [-0.1, -0.05) is 12.1 Å². The summed E-state index contributed by atoms with van der Waals surface area (Å²) in [5, 5.41) is 0. The van der Waals surface area contributed by atoms with Crippen molar-refractivity contribution in [1.82, 2.24) is 4.90 Å². The second kappa shape index (κ2) is 5.83. The van der Waals surface area contributed by atoms with Crippen LogP contribution in [-0.4, -0.2) is 36.1 Å². The number of rotatable bonds is 3. The van der Waals surface area contributed by atoms with Gasteiger partial charge < -0.3 is 15.4 Å². The number of carbonyl (C=O) groups is 1. The molecule has 2 unspecified atom stereocenters. The standard InChI is InChI=1S/C16H22N2O2/c17-13-7-4-12(5-8-13)6-9-16(19)18-10-11-20-15-3-1-2-14(15)18/h4-5,7-8,14-15H,1-3,6,9-11,17H2. The smallest absolute Gasteiger partial charge is 0.223 e. The molecule has 0 spiro atoms. The molecule has 1 heterocycles. The summed E-state index contributed by atoms with van der Waals surface area (Å²) in [6.45, 7) is 1.44. The van der Waals surface area contributed by atoms with Crippen molar-refractivity contribution in [2.45, 2.75) is 44.2 Å². The van der Waals surface area contributed by atoms with Crippen molar-refractivity contribution >= 4 is 11.6 Å². The largest absolute Gasteiger partial charge is 0.399 e. The average molecular weight is 274 g/mol. The molecule has 0 bridgehead atoms. The molecule has 4 nitrogen and oxygen atoms in total. The molecular weight excluding hydrogens is 252 g/mol. The summed E-state index contributed by atoms with van der Waals surface area (Å²) >= 11 is 0. The van der Waals surface area contributed by atoms with E-state index in [1.807, 2.05) is 24.3 Å². The zero-order valence-electron chi connectivity index (χ0n) is 11.8. The molecule has 1 aliphatic heterocycles. The number of hydrogen-bond donors (Lipinski definition) is 1. The summed E-state index contributed by atoms with van der Waals surface area (Å²) in [5.74, 6) is 0.266. The number of amides is 1. The number of morpholine rings is 1. The molecule has 108 valence electrons. The van der Waals surface area contributed by atoms with Gasteiger partial charge in [-0.25, -0.2) is 0 Å². The third-order valence-corrected chi connectivity index (χ3v) is 4.41. The predicted molar refractivity (Wildman–Crippen MR) is 78.3 cm³/mol. The highest BCUT2D eigenvalue weighted by molar-refractivity contribution is 5.77. The second-order valence-electron chi connectivity index (χ2n) is 5.74. The fraction of sp³-hybridized carbons (Fsp3) is 0.562. The Morgan fingerprint density at radius 3 is 2.90 bits per heavy atom. The van der Waals surface area contributed by atoms with Crippen molar-refractivity contribution in [2.24, 2.45) is 0 Å². The summed E-state index contributed by atoms with van der Waals surface area (Å²) in [4.78, 5) is 14.5. The number of benzene rings is 1. The Bertz CT molecular complexity index is 472. The maximum absolute atomic E-state index is 12.4. The van der Waals surface area contributed by atoms with Crippen molar-refractivity contribution in [3.63, 3.8) is 0 Å². The normalized spacial score (nSPS) is 25.5. The molecule has 0 aromatic heterocycles. The maximum Gasteiger partial charge on any atom is 0.223 e. The molecule has 1 amide bonds. The first-order valence-corrected chi connectivity index (χ1v) is 7.49. The van der Waals surface area contributed by atoms with Crippen LogP contribution < -0.4 is 5.73 Å². The maximum atomic E-state index is 12.4. The molecule has 1 saturated heterocycles. The van der Waals surface area contributed by atoms with Crippen LogP contribution in [0, 0.1) is 0 Å². The van der Waals surface area contributed by atoms with Gasteiger partial charge in [0.05, 0.1) is 18.8 Å². The Morgan fingerprint density at radius 2 is 2.10 bits per heavy atom. The zero-order chi connectivity index (χ0) is 13.9. The lowest BCUT2D eigenvalue weighted by atomic mass is 10.1. The van der Waals surface area contributed by atoms with E-state index in [4.69, 9.17) is 10.5 Å². The van der Waals surface area contributed by atoms with E-state index in [9.17, 15) is 4.79 Å². The molecule has 1 aromatic rings. The number of carbonyl (C=O) groups excluding carboxylic acids is 1. The van der Waals surface area contributed by atoms with Gasteiger partial charge in [-0.05, 0) is 43.4 Å². The number of hydrogen-bond acceptors (Lipinski definition) is 3. The molecule has 0 radical (unpaired) electrons. The lowest BCUT2D eigenvalue weighted by Gasteiger charge is -2.37. The Kier molecular flexibility index (Phi) is 3.92. The zero-order valence-corrected chi connectivity index (χ0v) is 11.8. The second-order valence-corrected chi connectivity index (χ2v) is 5.74. The third kappa shape index (κ3) is 2.80. The van der Waals surface area contributed by atoms with Crippen molar-refractivity contribution in [2.75, 3.05) is 18.9 Å². The molecule has 2 fully saturated rings. The van der Waals surface area contributed by atoms with Crippen LogP contribution in [0.5, 0.6) is 0 Å². The van der Waals surface area contributed by atoms with E-state index in [0.717, 1.165) is 31.5 Å². The lowest BCUT2D eigenvalue weighted by Crippen LogP contribution is -2.51. The number of ether oxygens (including phenoxy) is 1. The molecule has 2 N–H and O–H groups in total. The summed E-state index contributed by atoms with van der Waals surface area (Å²) in [5.41, 5.74) is 7.60. The number of fused-ring (bicyclic) bond motifs is 1. The highest BCUT2D eigenvalue weighted by Crippen LogP contribution is 2.30. The summed E-state index contributed by atoms with van der Waals surface area (Å²) in [6, 6.07) is 8.10. The van der Waals surface area contributed by atoms with E-state index in [1.165, 1.54) is 12.0 Å². The Hall–Kier alpha value is -1.55. The summed E-state index contributed by atoms with van der Waals surface area (Å²) in [7, 11) is 0. The lowest BCUT2D eigenvalue weighted by molar-refractivity contribution is -0.143. The molecule has 3 rings (SSSR count). The van der Waals surface area contributed by atoms with Crippen LogP contribution in [-0.2, 0) is 16.0 Å². The van der Waals surface area contributed by atoms with Crippen molar-refractivity contribution in [1.29, 1.82) is 0 Å². The van der Waals surface area contributed by atoms with E-state index in [1.54, 1.807) is 0 Å². The molecule has 1 aromatic carbocycles. The van der Waals surface area contributed by atoms with Gasteiger partial charge >= 0.3 is 0 Å². The average Bonchev–Trinajstić information content (AvgIpc) is 2.94. The highest BCUT2D eigenvalue weighted by atomic mass is 16.5. The van der Waals surface area contributed by atoms with Gasteiger partial charge in [0.25, 0.3) is 0 Å². The first-order chi connectivity index (χ1) is 9.74. The quantitative estimate of drug-likeness (QED) is 0.858. The first-order valence-electron chi connectivity index (χ1n) is 7.49. The molecular formula is C16H22N2O2. The van der Waals surface area contributed by atoms with Crippen LogP contribution in [0.4, 0.5) is 5.69 Å². The van der Waals surface area contributed by atoms with E-state index >= 15 is 0 Å². The predicted octanol–water partition coefficient (Wildman–Crippen LogP) is 1.98. The van der Waals surface area contributed by atoms with E-state index in [0.29, 0.717) is 19.1 Å². The third-order valence-electron chi connectivity index (χ3n) is 4.41. The van der Waals surface area contributed by atoms with Crippen LogP contribution >= 0.6 is 0 Å². The van der Waals surface area contributed by atoms with Crippen LogP contribution in [0.15, 0.2) is 24.3 Å². The number of nitrogen functional groups attached to an aromatic ring is 1. The van der Waals surface area contributed by atoms with Gasteiger partial charge in [0.15, 0.2) is 0 Å². The molecule has 4 heteroatoms. The van der Waals surface area contributed by atoms with Crippen LogP contribution in [0.1, 0.15) is 31.2 Å². The van der Waals surface area contributed by atoms with Gasteiger partial charge in [-0.2, -0.15) is 0 Å². The van der Waals surface area contributed by atoms with Crippen molar-refractivity contribution in [3.05, 3.63) is 29.8 Å². The Labute approximate surface area is 119 Å². The van der Waals surface area contributed by atoms with E-state index in [2.05, 4.69) is 4.90 Å². The highest BCUT2D eigenvalue weighted by Gasteiger charge is 2.37. The number of anilines is 1. The summed E-state index contributed by atoms with van der Waals surface area (Å²) in [6.07, 6.45) is 5.02. The van der Waals surface area contributed by atoms with Gasteiger partial charge in [0.1, 0.15) is 0 Å². The number of nitrogens with two attached hydrogens (primary N) is 1. The minimum atomic E-state index is 0.266. The Balaban J connectivity index is 1.57. The fourth-order valence-corrected chi connectivity index (χ4v) is 3.31. The topological polar surface area (TPSA) is 55.6 Å². The fourth-order valence-electron chi connectivity index (χ4n) is 3.31. The minimum Gasteiger partial charge on any atom is -0.399 e. The number of aryl methyl sites for hydroxylation is 1. The first kappa shape index (κ1) is 13.4. The molecule has 2 atom stereocenters. The van der Waals surface area contributed by atoms with Crippen LogP contribution in [0.3, 0.4) is 0 Å². The molecule has 1 saturated carbocycles. The minimum absolute atomic E-state index is 0.266. The van der Waals surface area contributed by atoms with Gasteiger partial charge in [-0.3, -0.25) is 4.79 Å². The van der Waals surface area contributed by atoms with Crippen LogP contribution in [0.25, 0.3) is 0 Å². The molecule has 2 aliphatic rings. The van der Waals surface area contributed by atoms with E-state index < -0.39 is 0 Å². The number of nitrogens with zero attached hydrogens (tertiary/aromatic N) is 1. The molecule has 20 heavy (non-hydrogen) atoms.